The van der Waals surface area contributed by atoms with Crippen molar-refractivity contribution in [3.63, 3.8) is 0 Å². The third-order valence-electron chi connectivity index (χ3n) is 4.83. The summed E-state index contributed by atoms with van der Waals surface area (Å²) in [5.74, 6) is 1.83. The summed E-state index contributed by atoms with van der Waals surface area (Å²) in [5.41, 5.74) is 0.287. The molecule has 104 valence electrons. The van der Waals surface area contributed by atoms with E-state index >= 15 is 0 Å². The van der Waals surface area contributed by atoms with Crippen LogP contribution in [0.25, 0.3) is 0 Å². The van der Waals surface area contributed by atoms with Crippen molar-refractivity contribution in [2.45, 2.75) is 32.2 Å². The largest absolute Gasteiger partial charge is 0.349 e. The predicted molar refractivity (Wildman–Crippen MR) is 73.4 cm³/mol. The van der Waals surface area contributed by atoms with Gasteiger partial charge in [-0.05, 0) is 45.2 Å². The van der Waals surface area contributed by atoms with E-state index in [9.17, 15) is 4.79 Å². The molecule has 2 aliphatic heterocycles. The van der Waals surface area contributed by atoms with Crippen LogP contribution in [0.15, 0.2) is 0 Å². The maximum Gasteiger partial charge on any atom is 0.222 e. The molecule has 2 unspecified atom stereocenters. The molecule has 4 nitrogen and oxygen atoms in total. The Morgan fingerprint density at radius 3 is 2.72 bits per heavy atom. The molecule has 2 saturated heterocycles. The minimum Gasteiger partial charge on any atom is -0.349 e. The van der Waals surface area contributed by atoms with Gasteiger partial charge in [0.15, 0.2) is 0 Å². The summed E-state index contributed by atoms with van der Waals surface area (Å²) in [5, 5.41) is 3.50. The molecule has 4 heteroatoms. The Kier molecular flexibility index (Phi) is 3.97. The fourth-order valence-electron chi connectivity index (χ4n) is 3.53. The number of amides is 1. The van der Waals surface area contributed by atoms with Gasteiger partial charge in [0.1, 0.15) is 0 Å². The van der Waals surface area contributed by atoms with Gasteiger partial charge in [-0.3, -0.25) is 9.69 Å². The van der Waals surface area contributed by atoms with Crippen molar-refractivity contribution in [1.82, 2.24) is 15.1 Å². The highest BCUT2D eigenvalue weighted by Crippen LogP contribution is 2.40. The molecule has 1 N–H and O–H groups in total. The zero-order valence-corrected chi connectivity index (χ0v) is 12.2. The molecule has 0 bridgehead atoms. The Bertz CT molecular complexity index is 314. The molecule has 18 heavy (non-hydrogen) atoms. The molecule has 2 atom stereocenters. The van der Waals surface area contributed by atoms with Gasteiger partial charge in [0.25, 0.3) is 0 Å². The topological polar surface area (TPSA) is 35.6 Å². The first-order chi connectivity index (χ1) is 8.43. The molecule has 0 spiro atoms. The van der Waals surface area contributed by atoms with Crippen LogP contribution in [-0.4, -0.2) is 61.5 Å². The molecular weight excluding hydrogens is 226 g/mol. The fraction of sp³-hybridized carbons (Fsp3) is 0.929. The Morgan fingerprint density at radius 2 is 2.11 bits per heavy atom. The highest BCUT2D eigenvalue weighted by atomic mass is 16.2. The summed E-state index contributed by atoms with van der Waals surface area (Å²) in [6.45, 7) is 9.29. The number of likely N-dealkylation sites (tertiary alicyclic amines) is 1. The van der Waals surface area contributed by atoms with Crippen molar-refractivity contribution in [2.75, 3.05) is 40.3 Å². The fourth-order valence-corrected chi connectivity index (χ4v) is 3.53. The normalized spacial score (nSPS) is 30.4. The van der Waals surface area contributed by atoms with E-state index in [1.807, 2.05) is 14.1 Å². The smallest absolute Gasteiger partial charge is 0.222 e. The number of nitrogens with zero attached hydrogens (tertiary/aromatic N) is 2. The molecule has 0 aliphatic carbocycles. The van der Waals surface area contributed by atoms with Crippen LogP contribution in [0.2, 0.25) is 0 Å². The predicted octanol–water partition coefficient (Wildman–Crippen LogP) is 0.785. The van der Waals surface area contributed by atoms with Gasteiger partial charge in [0.2, 0.25) is 5.91 Å². The van der Waals surface area contributed by atoms with Crippen molar-refractivity contribution < 1.29 is 4.79 Å². The Hall–Kier alpha value is -0.610. The third-order valence-corrected chi connectivity index (χ3v) is 4.83. The van der Waals surface area contributed by atoms with E-state index in [1.54, 1.807) is 4.90 Å². The van der Waals surface area contributed by atoms with E-state index in [0.29, 0.717) is 6.42 Å². The lowest BCUT2D eigenvalue weighted by Gasteiger charge is -2.35. The van der Waals surface area contributed by atoms with Gasteiger partial charge in [-0.25, -0.2) is 0 Å². The van der Waals surface area contributed by atoms with Crippen molar-refractivity contribution >= 4 is 5.91 Å². The molecule has 0 aromatic heterocycles. The standard InChI is InChI=1S/C14H27N3O/c1-14(2)12-9-15-8-11(12)10-17(14)7-5-6-13(18)16(3)4/h11-12,15H,5-10H2,1-4H3. The molecule has 0 saturated carbocycles. The minimum atomic E-state index is 0.244. The van der Waals surface area contributed by atoms with Gasteiger partial charge in [-0.1, -0.05) is 0 Å². The number of rotatable bonds is 4. The highest BCUT2D eigenvalue weighted by molar-refractivity contribution is 5.75. The summed E-state index contributed by atoms with van der Waals surface area (Å²) >= 11 is 0. The maximum absolute atomic E-state index is 11.6. The number of nitrogens with one attached hydrogen (secondary N) is 1. The van der Waals surface area contributed by atoms with Crippen molar-refractivity contribution in [3.8, 4) is 0 Å². The van der Waals surface area contributed by atoms with Crippen LogP contribution >= 0.6 is 0 Å². The number of fused-ring (bicyclic) bond motifs is 1. The monoisotopic (exact) mass is 253 g/mol. The molecule has 2 heterocycles. The molecule has 1 amide bonds. The highest BCUT2D eigenvalue weighted by Gasteiger charge is 2.48. The van der Waals surface area contributed by atoms with Crippen LogP contribution in [0, 0.1) is 11.8 Å². The summed E-state index contributed by atoms with van der Waals surface area (Å²) < 4.78 is 0. The summed E-state index contributed by atoms with van der Waals surface area (Å²) in [7, 11) is 3.66. The molecule has 0 radical (unpaired) electrons. The first kappa shape index (κ1) is 13.8. The number of hydrogen-bond donors (Lipinski definition) is 1. The van der Waals surface area contributed by atoms with Gasteiger partial charge >= 0.3 is 0 Å². The third kappa shape index (κ3) is 2.54. The van der Waals surface area contributed by atoms with Crippen LogP contribution < -0.4 is 5.32 Å². The van der Waals surface area contributed by atoms with Gasteiger partial charge < -0.3 is 10.2 Å². The summed E-state index contributed by atoms with van der Waals surface area (Å²) in [6.07, 6.45) is 1.65. The van der Waals surface area contributed by atoms with Gasteiger partial charge in [-0.2, -0.15) is 0 Å². The number of hydrogen-bond acceptors (Lipinski definition) is 3. The SMILES string of the molecule is CN(C)C(=O)CCCN1CC2CNCC2C1(C)C. The van der Waals surface area contributed by atoms with Gasteiger partial charge in [-0.15, -0.1) is 0 Å². The molecule has 0 aromatic carbocycles. The minimum absolute atomic E-state index is 0.244. The van der Waals surface area contributed by atoms with Crippen LogP contribution in [-0.2, 0) is 4.79 Å². The maximum atomic E-state index is 11.6. The summed E-state index contributed by atoms with van der Waals surface area (Å²) in [6, 6.07) is 0. The van der Waals surface area contributed by atoms with E-state index in [0.717, 1.165) is 31.3 Å². The lowest BCUT2D eigenvalue weighted by Crippen LogP contribution is -2.45. The zero-order valence-electron chi connectivity index (χ0n) is 12.2. The van der Waals surface area contributed by atoms with Gasteiger partial charge in [0, 0.05) is 39.1 Å². The molecular formula is C14H27N3O. The van der Waals surface area contributed by atoms with Crippen molar-refractivity contribution in [2.24, 2.45) is 11.8 Å². The van der Waals surface area contributed by atoms with Gasteiger partial charge in [0.05, 0.1) is 0 Å². The molecule has 0 aromatic rings. The second-order valence-electron chi connectivity index (χ2n) is 6.52. The van der Waals surface area contributed by atoms with E-state index in [-0.39, 0.29) is 11.4 Å². The number of carbonyl (C=O) groups is 1. The first-order valence-electron chi connectivity index (χ1n) is 7.09. The molecule has 2 rings (SSSR count). The van der Waals surface area contributed by atoms with Crippen LogP contribution in [0.4, 0.5) is 0 Å². The van der Waals surface area contributed by atoms with E-state index < -0.39 is 0 Å². The second kappa shape index (κ2) is 5.17. The summed E-state index contributed by atoms with van der Waals surface area (Å²) in [4.78, 5) is 15.8. The zero-order chi connectivity index (χ0) is 13.3. The van der Waals surface area contributed by atoms with Crippen molar-refractivity contribution in [1.29, 1.82) is 0 Å². The van der Waals surface area contributed by atoms with E-state index in [4.69, 9.17) is 0 Å². The van der Waals surface area contributed by atoms with Crippen LogP contribution in [0.3, 0.4) is 0 Å². The first-order valence-corrected chi connectivity index (χ1v) is 7.09. The average Bonchev–Trinajstić information content (AvgIpc) is 2.83. The molecule has 2 aliphatic rings. The number of carbonyl (C=O) groups excluding carboxylic acids is 1. The Labute approximate surface area is 111 Å². The van der Waals surface area contributed by atoms with E-state index in [1.165, 1.54) is 13.1 Å². The van der Waals surface area contributed by atoms with Crippen LogP contribution in [0.5, 0.6) is 0 Å². The second-order valence-corrected chi connectivity index (χ2v) is 6.52. The lowest BCUT2D eigenvalue weighted by atomic mass is 9.85. The van der Waals surface area contributed by atoms with E-state index in [2.05, 4.69) is 24.1 Å². The average molecular weight is 253 g/mol. The Morgan fingerprint density at radius 1 is 1.39 bits per heavy atom. The molecule has 2 fully saturated rings. The van der Waals surface area contributed by atoms with Crippen molar-refractivity contribution in [3.05, 3.63) is 0 Å². The lowest BCUT2D eigenvalue weighted by molar-refractivity contribution is -0.128. The Balaban J connectivity index is 1.82. The van der Waals surface area contributed by atoms with Crippen LogP contribution in [0.1, 0.15) is 26.7 Å². The quantitative estimate of drug-likeness (QED) is 0.804.